The number of allylic oxidation sites excluding steroid dienone is 2. The van der Waals surface area contributed by atoms with Gasteiger partial charge in [0.25, 0.3) is 0 Å². The quantitative estimate of drug-likeness (QED) is 0.464. The molecule has 13 heavy (non-hydrogen) atoms. The monoisotopic (exact) mass is 186 g/mol. The number of carbonyl (C=O) groups excluding carboxylic acids is 1. The van der Waals surface area contributed by atoms with Crippen LogP contribution in [-0.4, -0.2) is 27.9 Å². The summed E-state index contributed by atoms with van der Waals surface area (Å²) in [5.41, 5.74) is 0. The normalized spacial score (nSPS) is 10.2. The Morgan fingerprint density at radius 2 is 1.69 bits per heavy atom. The summed E-state index contributed by atoms with van der Waals surface area (Å²) >= 11 is 0. The van der Waals surface area contributed by atoms with E-state index >= 15 is 0 Å². The van der Waals surface area contributed by atoms with Crippen LogP contribution in [0.15, 0.2) is 12.2 Å². The van der Waals surface area contributed by atoms with Gasteiger partial charge in [-0.1, -0.05) is 6.08 Å². The molecule has 0 rings (SSSR count). The first-order chi connectivity index (χ1) is 6.02. The van der Waals surface area contributed by atoms with Gasteiger partial charge in [0.1, 0.15) is 6.42 Å². The van der Waals surface area contributed by atoms with E-state index < -0.39 is 24.1 Å². The van der Waals surface area contributed by atoms with Crippen molar-refractivity contribution in [2.75, 3.05) is 0 Å². The van der Waals surface area contributed by atoms with Crippen LogP contribution >= 0.6 is 0 Å². The second kappa shape index (κ2) is 5.93. The van der Waals surface area contributed by atoms with Crippen LogP contribution in [0, 0.1) is 0 Å². The average Bonchev–Trinajstić information content (AvgIpc) is 1.96. The summed E-state index contributed by atoms with van der Waals surface area (Å²) < 4.78 is 0. The molecule has 2 N–H and O–H groups in total. The summed E-state index contributed by atoms with van der Waals surface area (Å²) in [6.07, 6.45) is 2.08. The molecule has 0 unspecified atom stereocenters. The Labute approximate surface area is 74.7 Å². The molecule has 0 fully saturated rings. The van der Waals surface area contributed by atoms with Crippen LogP contribution in [0.1, 0.15) is 19.3 Å². The zero-order valence-corrected chi connectivity index (χ0v) is 6.90. The Balaban J connectivity index is 3.66. The lowest BCUT2D eigenvalue weighted by Crippen LogP contribution is -2.03. The van der Waals surface area contributed by atoms with E-state index in [-0.39, 0.29) is 12.8 Å². The number of carboxylic acids is 2. The zero-order valence-electron chi connectivity index (χ0n) is 6.90. The van der Waals surface area contributed by atoms with Crippen LogP contribution in [0.2, 0.25) is 0 Å². The number of rotatable bonds is 6. The van der Waals surface area contributed by atoms with Crippen LogP contribution < -0.4 is 0 Å². The third kappa shape index (κ3) is 8.25. The minimum atomic E-state index is -1.19. The molecule has 0 aromatic heterocycles. The Bertz CT molecular complexity index is 241. The molecule has 5 nitrogen and oxygen atoms in total. The Morgan fingerprint density at radius 3 is 2.15 bits per heavy atom. The fourth-order valence-corrected chi connectivity index (χ4v) is 0.630. The average molecular weight is 186 g/mol. The van der Waals surface area contributed by atoms with Gasteiger partial charge < -0.3 is 10.2 Å². The molecule has 0 saturated heterocycles. The molecule has 0 amide bonds. The third-order valence-corrected chi connectivity index (χ3v) is 1.15. The van der Waals surface area contributed by atoms with Crippen molar-refractivity contribution in [2.45, 2.75) is 19.3 Å². The SMILES string of the molecule is O=C(O)CCC=CC(=O)CC(=O)O. The van der Waals surface area contributed by atoms with Gasteiger partial charge in [0.15, 0.2) is 5.78 Å². The number of carboxylic acid groups (broad SMARTS) is 2. The first kappa shape index (κ1) is 11.4. The van der Waals surface area contributed by atoms with E-state index in [0.717, 1.165) is 6.08 Å². The summed E-state index contributed by atoms with van der Waals surface area (Å²) in [6.45, 7) is 0. The van der Waals surface area contributed by atoms with Gasteiger partial charge >= 0.3 is 11.9 Å². The highest BCUT2D eigenvalue weighted by atomic mass is 16.4. The van der Waals surface area contributed by atoms with Gasteiger partial charge in [0, 0.05) is 6.42 Å². The molecule has 0 aromatic rings. The number of carbonyl (C=O) groups is 3. The molecule has 0 bridgehead atoms. The molecule has 0 atom stereocenters. The summed E-state index contributed by atoms with van der Waals surface area (Å²) in [5, 5.41) is 16.4. The highest BCUT2D eigenvalue weighted by Crippen LogP contribution is 1.93. The van der Waals surface area contributed by atoms with Crippen LogP contribution in [-0.2, 0) is 14.4 Å². The van der Waals surface area contributed by atoms with Crippen molar-refractivity contribution < 1.29 is 24.6 Å². The summed E-state index contributed by atoms with van der Waals surface area (Å²) in [7, 11) is 0. The molecular formula is C8H10O5. The topological polar surface area (TPSA) is 91.7 Å². The maximum atomic E-state index is 10.7. The van der Waals surface area contributed by atoms with Crippen molar-refractivity contribution in [3.8, 4) is 0 Å². The molecule has 0 heterocycles. The van der Waals surface area contributed by atoms with E-state index in [9.17, 15) is 14.4 Å². The lowest BCUT2D eigenvalue weighted by Gasteiger charge is -1.88. The second-order valence-electron chi connectivity index (χ2n) is 2.37. The first-order valence-corrected chi connectivity index (χ1v) is 3.65. The molecule has 0 aromatic carbocycles. The highest BCUT2D eigenvalue weighted by Gasteiger charge is 2.02. The molecule has 0 saturated carbocycles. The van der Waals surface area contributed by atoms with E-state index in [1.165, 1.54) is 6.08 Å². The molecule has 72 valence electrons. The molecule has 0 spiro atoms. The maximum absolute atomic E-state index is 10.7. The van der Waals surface area contributed by atoms with Crippen LogP contribution in [0.4, 0.5) is 0 Å². The van der Waals surface area contributed by atoms with Gasteiger partial charge in [-0.3, -0.25) is 14.4 Å². The Morgan fingerprint density at radius 1 is 1.08 bits per heavy atom. The maximum Gasteiger partial charge on any atom is 0.311 e. The number of aliphatic carboxylic acids is 2. The zero-order chi connectivity index (χ0) is 10.3. The Kier molecular flexibility index (Phi) is 5.18. The van der Waals surface area contributed by atoms with Crippen molar-refractivity contribution in [1.82, 2.24) is 0 Å². The third-order valence-electron chi connectivity index (χ3n) is 1.15. The lowest BCUT2D eigenvalue weighted by molar-refractivity contribution is -0.139. The van der Waals surface area contributed by atoms with Gasteiger partial charge in [0.05, 0.1) is 0 Å². The minimum Gasteiger partial charge on any atom is -0.481 e. The molecule has 0 aliphatic heterocycles. The molecular weight excluding hydrogens is 176 g/mol. The van der Waals surface area contributed by atoms with Crippen molar-refractivity contribution in [3.05, 3.63) is 12.2 Å². The van der Waals surface area contributed by atoms with Crippen molar-refractivity contribution in [3.63, 3.8) is 0 Å². The van der Waals surface area contributed by atoms with Crippen molar-refractivity contribution in [2.24, 2.45) is 0 Å². The summed E-state index contributed by atoms with van der Waals surface area (Å²) in [4.78, 5) is 30.7. The van der Waals surface area contributed by atoms with Gasteiger partial charge in [-0.25, -0.2) is 0 Å². The molecule has 0 radical (unpaired) electrons. The molecule has 0 aliphatic carbocycles. The number of hydrogen-bond donors (Lipinski definition) is 2. The smallest absolute Gasteiger partial charge is 0.311 e. The molecule has 0 aliphatic rings. The number of ketones is 1. The number of hydrogen-bond acceptors (Lipinski definition) is 3. The van der Waals surface area contributed by atoms with Crippen LogP contribution in [0.5, 0.6) is 0 Å². The minimum absolute atomic E-state index is 0.0587. The largest absolute Gasteiger partial charge is 0.481 e. The fourth-order valence-electron chi connectivity index (χ4n) is 0.630. The first-order valence-electron chi connectivity index (χ1n) is 3.65. The van der Waals surface area contributed by atoms with Gasteiger partial charge in [-0.15, -0.1) is 0 Å². The lowest BCUT2D eigenvalue weighted by atomic mass is 10.2. The summed E-state index contributed by atoms with van der Waals surface area (Å²) in [6, 6.07) is 0. The van der Waals surface area contributed by atoms with E-state index in [4.69, 9.17) is 10.2 Å². The van der Waals surface area contributed by atoms with E-state index in [1.807, 2.05) is 0 Å². The van der Waals surface area contributed by atoms with Gasteiger partial charge in [-0.2, -0.15) is 0 Å². The van der Waals surface area contributed by atoms with E-state index in [1.54, 1.807) is 0 Å². The Hall–Kier alpha value is -1.65. The van der Waals surface area contributed by atoms with Crippen LogP contribution in [0.25, 0.3) is 0 Å². The predicted molar refractivity (Wildman–Crippen MR) is 43.3 cm³/mol. The van der Waals surface area contributed by atoms with E-state index in [0.29, 0.717) is 0 Å². The van der Waals surface area contributed by atoms with Gasteiger partial charge in [-0.05, 0) is 12.5 Å². The standard InChI is InChI=1S/C8H10O5/c9-6(5-8(12)13)3-1-2-4-7(10)11/h1,3H,2,4-5H2,(H,10,11)(H,12,13). The van der Waals surface area contributed by atoms with Crippen LogP contribution in [0.3, 0.4) is 0 Å². The summed E-state index contributed by atoms with van der Waals surface area (Å²) in [5.74, 6) is -2.67. The van der Waals surface area contributed by atoms with E-state index in [2.05, 4.69) is 0 Å². The highest BCUT2D eigenvalue weighted by molar-refractivity contribution is 6.01. The fraction of sp³-hybridized carbons (Fsp3) is 0.375. The van der Waals surface area contributed by atoms with Crippen molar-refractivity contribution >= 4 is 17.7 Å². The van der Waals surface area contributed by atoms with Crippen molar-refractivity contribution in [1.29, 1.82) is 0 Å². The predicted octanol–water partition coefficient (Wildman–Crippen LogP) is 0.451. The van der Waals surface area contributed by atoms with Gasteiger partial charge in [0.2, 0.25) is 0 Å². The molecule has 5 heteroatoms. The second-order valence-corrected chi connectivity index (χ2v) is 2.37.